The molecule has 1 aliphatic heterocycles. The highest BCUT2D eigenvalue weighted by atomic mass is 16.6. The number of allylic oxidation sites excluding steroid dienone is 3. The highest BCUT2D eigenvalue weighted by Gasteiger charge is 2.85. The van der Waals surface area contributed by atoms with Gasteiger partial charge in [0.25, 0.3) is 0 Å². The zero-order chi connectivity index (χ0) is 80.0. The summed E-state index contributed by atoms with van der Waals surface area (Å²) in [6, 6.07) is 0. The number of fused-ring (bicyclic) bond motifs is 18. The normalized spacial score (nSPS) is 60.4. The third kappa shape index (κ3) is 9.67. The number of ether oxygens (including phenoxy) is 1. The lowest BCUT2D eigenvalue weighted by molar-refractivity contribution is -0.309. The van der Waals surface area contributed by atoms with E-state index < -0.39 is 122 Å². The zero-order valence-corrected chi connectivity index (χ0v) is 71.0. The van der Waals surface area contributed by atoms with E-state index in [-0.39, 0.29) is 115 Å². The lowest BCUT2D eigenvalue weighted by atomic mass is 9.30. The molecule has 14 fully saturated rings. The summed E-state index contributed by atoms with van der Waals surface area (Å²) in [6.45, 7) is 48.4. The molecule has 1 heterocycles. The van der Waals surface area contributed by atoms with Gasteiger partial charge in [-0.05, 0) is 254 Å². The minimum atomic E-state index is -1.15. The second-order valence-corrected chi connectivity index (χ2v) is 47.0. The van der Waals surface area contributed by atoms with E-state index in [1.165, 1.54) is 5.57 Å². The molecule has 0 radical (unpaired) electrons. The fraction of sp³-hybridized carbons (Fsp3) is 0.957. The number of hydrogen-bond acceptors (Lipinski definition) is 16. The molecule has 0 aromatic rings. The summed E-state index contributed by atoms with van der Waals surface area (Å²) >= 11 is 0. The Labute approximate surface area is 650 Å². The van der Waals surface area contributed by atoms with Crippen molar-refractivity contribution in [3.05, 3.63) is 23.3 Å². The van der Waals surface area contributed by atoms with Gasteiger partial charge in [0.1, 0.15) is 0 Å². The molecular formula is C92H154O16. The summed E-state index contributed by atoms with van der Waals surface area (Å²) in [5, 5.41) is 169. The molecule has 618 valence electrons. The summed E-state index contributed by atoms with van der Waals surface area (Å²) in [6.07, 6.45) is 13.1. The van der Waals surface area contributed by atoms with E-state index in [9.17, 15) is 76.6 Å². The molecule has 16 nitrogen and oxygen atoms in total. The molecule has 0 amide bonds. The Morgan fingerprint density at radius 1 is 0.380 bits per heavy atom. The molecule has 15 aliphatic carbocycles. The highest BCUT2D eigenvalue weighted by molar-refractivity contribution is 5.40. The summed E-state index contributed by atoms with van der Waals surface area (Å²) in [5.41, 5.74) is -4.31. The fourth-order valence-electron chi connectivity index (χ4n) is 34.9. The standard InChI is InChI=1S/2C31H52O6.C30H50O4/c1-17-23(35)25(2,3)14-20-30-13-9-19-26(4)11-10-21(33)27(5,16-32)18(26)8-12-28(19,6)29(30,7)15-22(34)31(17,20)24(36)37-30;1-8-31-18(15-26(2,3)22(34)24(31)36)17-9-10-20-27(4)13-12-21(33)28(5,16-32)19(27)11-14-29(20,6)30(17,7)23(35)25(31)37;1-25(2)15-18-17-9-10-20-27(5)13-12-21(31)26(3,4)19(27)11-14-28(20,6)29(17,7)16-22(32)30(18,8)24(34)23(25)33/h17-24,32-36H,8-16H2,1-7H3;9,18-25,32-37H,8,10-16H2,1-7H3;9,18-24,31-34H,10-16H2,1-8H3/t17-,18?,19?,20?,21-,22+,23-,24-,26-,27+,28+,29-,30-,31+;18?,19?,20?,21-,22-,23-,24-,25+,27-,28+,29+,30-,31+;18?,19?,20?,21-,22+,23-,24-,27-,28+,29+,30-/m000/s1. The molecule has 16 rings (SSSR count). The van der Waals surface area contributed by atoms with Crippen LogP contribution in [0.15, 0.2) is 23.3 Å². The van der Waals surface area contributed by atoms with Crippen LogP contribution in [0.4, 0.5) is 0 Å². The topological polar surface area (TPSA) is 313 Å². The van der Waals surface area contributed by atoms with E-state index in [4.69, 9.17) is 4.74 Å². The average Bonchev–Trinajstić information content (AvgIpc) is 1.37. The van der Waals surface area contributed by atoms with Crippen molar-refractivity contribution in [2.24, 2.45) is 157 Å². The van der Waals surface area contributed by atoms with E-state index in [1.807, 2.05) is 41.5 Å². The van der Waals surface area contributed by atoms with E-state index >= 15 is 0 Å². The van der Waals surface area contributed by atoms with Gasteiger partial charge in [0.2, 0.25) is 0 Å². The molecular weight excluding hydrogens is 1360 g/mol. The van der Waals surface area contributed by atoms with Crippen molar-refractivity contribution in [2.45, 2.75) is 379 Å². The Kier molecular flexibility index (Phi) is 19.4. The molecule has 1 saturated heterocycles. The van der Waals surface area contributed by atoms with Gasteiger partial charge in [0, 0.05) is 38.4 Å². The van der Waals surface area contributed by atoms with Crippen LogP contribution in [-0.4, -0.2) is 175 Å². The van der Waals surface area contributed by atoms with Gasteiger partial charge in [-0.2, -0.15) is 0 Å². The Hall–Kier alpha value is -1.16. The summed E-state index contributed by atoms with van der Waals surface area (Å²) in [7, 11) is 0. The molecule has 15 N–H and O–H groups in total. The van der Waals surface area contributed by atoms with Crippen molar-refractivity contribution in [3.8, 4) is 0 Å². The first kappa shape index (κ1) is 83.3. The van der Waals surface area contributed by atoms with Crippen LogP contribution in [0.2, 0.25) is 0 Å². The maximum atomic E-state index is 12.1. The SMILES string of the molecule is CC1(C)CC2C3=CCC4[C@@]5(C)CC[C@H](O)C(C)(C)C5CC[C@@]4(C)[C@]3(C)C[C@@H](O)[C@@]2(C)[C@@H](O)[C@@H]1O.CC[C@@]12C(CC(C)(C)[C@@H](O)[C@@H]1O)C1=CCC3[C@@]4(C)CC[C@H](O)[C@](C)(CO)C4CC[C@@]3(C)[C@]1(C)[C@@H](O)[C@H]2O.C[C@H]1[C@H](O)C(C)(C)CC2[C@@]13[C@H](O)C[C@]1(C)[C@@]2(CCC2[C@@]4(C)CC[C@H](O)[C@](C)(CO)C4CC[C@]21C)O[C@@H]3O. The van der Waals surface area contributed by atoms with Crippen molar-refractivity contribution in [2.75, 3.05) is 13.2 Å². The Balaban J connectivity index is 0.000000136. The second kappa shape index (κ2) is 25.2. The molecule has 0 aromatic heterocycles. The van der Waals surface area contributed by atoms with Crippen LogP contribution < -0.4 is 0 Å². The van der Waals surface area contributed by atoms with Crippen molar-refractivity contribution in [3.63, 3.8) is 0 Å². The minimum Gasteiger partial charge on any atom is -0.396 e. The van der Waals surface area contributed by atoms with Crippen molar-refractivity contribution >= 4 is 0 Å². The van der Waals surface area contributed by atoms with Gasteiger partial charge in [-0.1, -0.05) is 176 Å². The summed E-state index contributed by atoms with van der Waals surface area (Å²) in [5.74, 6) is 1.72. The third-order valence-corrected chi connectivity index (χ3v) is 42.5. The van der Waals surface area contributed by atoms with E-state index in [0.717, 1.165) is 108 Å². The Morgan fingerprint density at radius 2 is 0.824 bits per heavy atom. The molecule has 2 bridgehead atoms. The maximum absolute atomic E-state index is 12.1. The van der Waals surface area contributed by atoms with Gasteiger partial charge in [0.05, 0.1) is 97.5 Å². The van der Waals surface area contributed by atoms with Crippen LogP contribution in [0.25, 0.3) is 0 Å². The first-order valence-electron chi connectivity index (χ1n) is 43.7. The number of hydrogen-bond donors (Lipinski definition) is 15. The molecule has 108 heavy (non-hydrogen) atoms. The molecule has 16 heteroatoms. The highest BCUT2D eigenvalue weighted by Crippen LogP contribution is 2.84. The van der Waals surface area contributed by atoms with E-state index in [0.29, 0.717) is 56.3 Å². The first-order chi connectivity index (χ1) is 49.5. The molecule has 13 saturated carbocycles. The van der Waals surface area contributed by atoms with Crippen LogP contribution >= 0.6 is 0 Å². The smallest absolute Gasteiger partial charge is 0.164 e. The van der Waals surface area contributed by atoms with Crippen molar-refractivity contribution < 1.29 is 81.3 Å². The minimum absolute atomic E-state index is 0.00692. The number of aliphatic hydroxyl groups is 15. The predicted octanol–water partition coefficient (Wildman–Crippen LogP) is 12.4. The quantitative estimate of drug-likeness (QED) is 0.117. The van der Waals surface area contributed by atoms with Crippen LogP contribution in [-0.2, 0) is 4.74 Å². The lowest BCUT2D eigenvalue weighted by Crippen LogP contribution is -2.75. The van der Waals surface area contributed by atoms with Crippen LogP contribution in [0.5, 0.6) is 0 Å². The van der Waals surface area contributed by atoms with Crippen LogP contribution in [0.1, 0.15) is 294 Å². The first-order valence-corrected chi connectivity index (χ1v) is 43.7. The molecule has 1 spiro atoms. The monoisotopic (exact) mass is 1520 g/mol. The Bertz CT molecular complexity index is 3540. The number of rotatable bonds is 3. The van der Waals surface area contributed by atoms with Crippen molar-refractivity contribution in [1.29, 1.82) is 0 Å². The molecule has 16 aliphatic rings. The Morgan fingerprint density at radius 3 is 1.37 bits per heavy atom. The lowest BCUT2D eigenvalue weighted by Gasteiger charge is -2.75. The summed E-state index contributed by atoms with van der Waals surface area (Å²) < 4.78 is 6.87. The van der Waals surface area contributed by atoms with Gasteiger partial charge < -0.3 is 81.3 Å². The van der Waals surface area contributed by atoms with Crippen LogP contribution in [0, 0.1) is 157 Å². The fourth-order valence-corrected chi connectivity index (χ4v) is 34.9. The van der Waals surface area contributed by atoms with E-state index in [1.54, 1.807) is 0 Å². The zero-order valence-electron chi connectivity index (χ0n) is 71.0. The molecule has 9 unspecified atom stereocenters. The van der Waals surface area contributed by atoms with Crippen molar-refractivity contribution in [1.82, 2.24) is 0 Å². The van der Waals surface area contributed by atoms with Gasteiger partial charge in [0.15, 0.2) is 6.29 Å². The largest absolute Gasteiger partial charge is 0.396 e. The van der Waals surface area contributed by atoms with Gasteiger partial charge in [-0.3, -0.25) is 0 Å². The number of aliphatic hydroxyl groups excluding tert-OH is 15. The maximum Gasteiger partial charge on any atom is 0.164 e. The molecule has 0 aromatic carbocycles. The molecule has 38 atom stereocenters. The second-order valence-electron chi connectivity index (χ2n) is 47.0. The van der Waals surface area contributed by atoms with Gasteiger partial charge in [-0.25, -0.2) is 0 Å². The summed E-state index contributed by atoms with van der Waals surface area (Å²) in [4.78, 5) is 0. The third-order valence-electron chi connectivity index (χ3n) is 42.5. The van der Waals surface area contributed by atoms with Gasteiger partial charge >= 0.3 is 0 Å². The predicted molar refractivity (Wildman–Crippen MR) is 417 cm³/mol. The van der Waals surface area contributed by atoms with Crippen LogP contribution in [0.3, 0.4) is 0 Å². The van der Waals surface area contributed by atoms with E-state index in [2.05, 4.69) is 123 Å². The average molecular weight is 1520 g/mol. The van der Waals surface area contributed by atoms with Gasteiger partial charge in [-0.15, -0.1) is 0 Å².